The normalized spacial score (nSPS) is 19.6. The van der Waals surface area contributed by atoms with E-state index in [1.165, 1.54) is 0 Å². The molecular weight excluding hydrogens is 500 g/mol. The highest BCUT2D eigenvalue weighted by Crippen LogP contribution is 2.53. The average molecular weight is 535 g/mol. The van der Waals surface area contributed by atoms with E-state index in [1.807, 2.05) is 85.5 Å². The van der Waals surface area contributed by atoms with Crippen LogP contribution in [0.4, 0.5) is 0 Å². The van der Waals surface area contributed by atoms with E-state index < -0.39 is 11.4 Å². The number of aliphatic carboxylic acids is 1. The Morgan fingerprint density at radius 1 is 0.975 bits per heavy atom. The van der Waals surface area contributed by atoms with Crippen LogP contribution in [0.2, 0.25) is 0 Å². The van der Waals surface area contributed by atoms with E-state index >= 15 is 0 Å². The lowest BCUT2D eigenvalue weighted by atomic mass is 9.93. The predicted molar refractivity (Wildman–Crippen MR) is 154 cm³/mol. The molecule has 3 aromatic carbocycles. The first-order valence-electron chi connectivity index (χ1n) is 14.1. The van der Waals surface area contributed by atoms with E-state index in [0.29, 0.717) is 19.4 Å². The van der Waals surface area contributed by atoms with Gasteiger partial charge in [0, 0.05) is 29.5 Å². The Balaban J connectivity index is 1.19. The molecule has 6 rings (SSSR count). The molecule has 0 saturated heterocycles. The molecule has 1 N–H and O–H groups in total. The summed E-state index contributed by atoms with van der Waals surface area (Å²) in [5, 5.41) is 13.9. The molecule has 0 bridgehead atoms. The van der Waals surface area contributed by atoms with Gasteiger partial charge in [-0.15, -0.1) is 0 Å². The summed E-state index contributed by atoms with van der Waals surface area (Å²) >= 11 is 0. The van der Waals surface area contributed by atoms with E-state index in [2.05, 4.69) is 24.2 Å². The summed E-state index contributed by atoms with van der Waals surface area (Å²) in [5.74, 6) is 0.208. The highest BCUT2D eigenvalue weighted by molar-refractivity contribution is 5.86. The summed E-state index contributed by atoms with van der Waals surface area (Å²) in [6, 6.07) is 26.2. The lowest BCUT2D eigenvalue weighted by Gasteiger charge is -2.29. The molecule has 0 aliphatic heterocycles. The third kappa shape index (κ3) is 4.51. The number of carboxylic acids is 1. The lowest BCUT2D eigenvalue weighted by Crippen LogP contribution is -2.34. The molecule has 1 heterocycles. The fourth-order valence-corrected chi connectivity index (χ4v) is 6.10. The Hall–Kier alpha value is -4.19. The minimum Gasteiger partial charge on any atom is -0.481 e. The maximum atomic E-state index is 13.6. The minimum atomic E-state index is -0.740. The topological polar surface area (TPSA) is 83.6 Å². The first-order valence-corrected chi connectivity index (χ1v) is 14.1. The highest BCUT2D eigenvalue weighted by Gasteiger charge is 2.51. The molecule has 40 heavy (non-hydrogen) atoms. The van der Waals surface area contributed by atoms with Crippen LogP contribution in [0, 0.1) is 12.8 Å². The number of rotatable bonds is 9. The highest BCUT2D eigenvalue weighted by atomic mass is 16.5. The van der Waals surface area contributed by atoms with Crippen molar-refractivity contribution in [3.8, 4) is 22.5 Å². The quantitative estimate of drug-likeness (QED) is 0.247. The molecule has 6 heteroatoms. The fourth-order valence-electron chi connectivity index (χ4n) is 6.10. The molecule has 0 radical (unpaired) electrons. The second-order valence-corrected chi connectivity index (χ2v) is 11.2. The Bertz CT molecular complexity index is 1540. The number of aromatic nitrogens is 1. The molecule has 1 aromatic heterocycles. The van der Waals surface area contributed by atoms with Crippen molar-refractivity contribution in [2.24, 2.45) is 5.92 Å². The number of nitrogens with zero attached hydrogens (tertiary/aromatic N) is 2. The second-order valence-electron chi connectivity index (χ2n) is 11.2. The molecule has 1 amide bonds. The zero-order chi connectivity index (χ0) is 28.0. The predicted octanol–water partition coefficient (Wildman–Crippen LogP) is 7.15. The van der Waals surface area contributed by atoms with E-state index in [4.69, 9.17) is 4.52 Å². The van der Waals surface area contributed by atoms with Crippen molar-refractivity contribution in [1.82, 2.24) is 10.1 Å². The number of carbonyl (C=O) groups excluding carboxylic acids is 1. The summed E-state index contributed by atoms with van der Waals surface area (Å²) < 4.78 is 5.81. The molecule has 204 valence electrons. The summed E-state index contributed by atoms with van der Waals surface area (Å²) in [7, 11) is 0. The van der Waals surface area contributed by atoms with Crippen molar-refractivity contribution in [3.63, 3.8) is 0 Å². The van der Waals surface area contributed by atoms with E-state index in [-0.39, 0.29) is 23.8 Å². The van der Waals surface area contributed by atoms with Crippen LogP contribution in [-0.2, 0) is 15.0 Å². The largest absolute Gasteiger partial charge is 0.481 e. The van der Waals surface area contributed by atoms with Crippen molar-refractivity contribution in [3.05, 3.63) is 101 Å². The van der Waals surface area contributed by atoms with Crippen LogP contribution < -0.4 is 0 Å². The average Bonchev–Trinajstić information content (AvgIpc) is 3.91. The summed E-state index contributed by atoms with van der Waals surface area (Å²) in [5.41, 5.74) is 6.19. The van der Waals surface area contributed by atoms with Gasteiger partial charge in [0.15, 0.2) is 5.76 Å². The van der Waals surface area contributed by atoms with Crippen LogP contribution >= 0.6 is 0 Å². The van der Waals surface area contributed by atoms with Gasteiger partial charge in [0.05, 0.1) is 17.2 Å². The van der Waals surface area contributed by atoms with E-state index in [0.717, 1.165) is 51.3 Å². The number of amides is 1. The van der Waals surface area contributed by atoms with E-state index in [9.17, 15) is 14.7 Å². The third-order valence-corrected chi connectivity index (χ3v) is 8.84. The zero-order valence-electron chi connectivity index (χ0n) is 23.1. The molecule has 3 unspecified atom stereocenters. The Labute approximate surface area is 234 Å². The van der Waals surface area contributed by atoms with Gasteiger partial charge in [-0.3, -0.25) is 9.59 Å². The Morgan fingerprint density at radius 2 is 1.57 bits per heavy atom. The van der Waals surface area contributed by atoms with E-state index in [1.54, 1.807) is 0 Å². The number of carbonyl (C=O) groups is 2. The molecule has 2 aliphatic carbocycles. The van der Waals surface area contributed by atoms with Crippen molar-refractivity contribution in [2.45, 2.75) is 57.4 Å². The standard InChI is InChI=1S/C34H34N2O4/c1-4-36(22(3)23-8-6-5-7-9-23)32(37)29-20-28(29)30-21(2)35-40-31(30)26-12-10-24(11-13-26)25-14-16-27(17-15-25)34(18-19-34)33(38)39/h5-17,22,28-29H,4,18-20H2,1-3H3,(H,38,39). The zero-order valence-corrected chi connectivity index (χ0v) is 23.1. The number of carboxylic acid groups (broad SMARTS) is 1. The van der Waals surface area contributed by atoms with Crippen LogP contribution in [0.1, 0.15) is 67.5 Å². The molecule has 2 saturated carbocycles. The molecule has 6 nitrogen and oxygen atoms in total. The maximum Gasteiger partial charge on any atom is 0.314 e. The van der Waals surface area contributed by atoms with Crippen molar-refractivity contribution in [2.75, 3.05) is 6.54 Å². The number of benzene rings is 3. The van der Waals surface area contributed by atoms with Gasteiger partial charge in [-0.2, -0.15) is 0 Å². The number of hydrogen-bond donors (Lipinski definition) is 1. The third-order valence-electron chi connectivity index (χ3n) is 8.84. The summed E-state index contributed by atoms with van der Waals surface area (Å²) in [6.07, 6.45) is 2.20. The molecule has 3 atom stereocenters. The van der Waals surface area contributed by atoms with Crippen molar-refractivity contribution >= 4 is 11.9 Å². The number of hydrogen-bond acceptors (Lipinski definition) is 4. The van der Waals surface area contributed by atoms with Crippen LogP contribution in [0.15, 0.2) is 83.4 Å². The molecule has 2 aliphatic rings. The van der Waals surface area contributed by atoms with Gasteiger partial charge in [-0.1, -0.05) is 84.0 Å². The van der Waals surface area contributed by atoms with Crippen molar-refractivity contribution < 1.29 is 19.2 Å². The van der Waals surface area contributed by atoms with Gasteiger partial charge < -0.3 is 14.5 Å². The van der Waals surface area contributed by atoms with Gasteiger partial charge in [-0.05, 0) is 62.3 Å². The van der Waals surface area contributed by atoms with Gasteiger partial charge in [-0.25, -0.2) is 0 Å². The monoisotopic (exact) mass is 534 g/mol. The van der Waals surface area contributed by atoms with Crippen LogP contribution in [-0.4, -0.2) is 33.6 Å². The second kappa shape index (κ2) is 10.1. The molecule has 2 fully saturated rings. The van der Waals surface area contributed by atoms with Crippen LogP contribution in [0.3, 0.4) is 0 Å². The smallest absolute Gasteiger partial charge is 0.314 e. The lowest BCUT2D eigenvalue weighted by molar-refractivity contribution is -0.140. The SMILES string of the molecule is CCN(C(=O)C1CC1c1c(C)noc1-c1ccc(-c2ccc(C3(C(=O)O)CC3)cc2)cc1)C(C)c1ccccc1. The van der Waals surface area contributed by atoms with Gasteiger partial charge in [0.1, 0.15) is 0 Å². The minimum absolute atomic E-state index is 0.0172. The molecular formula is C34H34N2O4. The first kappa shape index (κ1) is 26.1. The summed E-state index contributed by atoms with van der Waals surface area (Å²) in [6.45, 7) is 6.74. The fraction of sp³-hybridized carbons (Fsp3) is 0.324. The Kier molecular flexibility index (Phi) is 6.57. The van der Waals surface area contributed by atoms with Crippen LogP contribution in [0.5, 0.6) is 0 Å². The first-order chi connectivity index (χ1) is 19.3. The molecule has 0 spiro atoms. The van der Waals surface area contributed by atoms with Gasteiger partial charge in [0.2, 0.25) is 5.91 Å². The maximum absolute atomic E-state index is 13.6. The van der Waals surface area contributed by atoms with Gasteiger partial charge >= 0.3 is 5.97 Å². The van der Waals surface area contributed by atoms with Gasteiger partial charge in [0.25, 0.3) is 0 Å². The van der Waals surface area contributed by atoms with Crippen LogP contribution in [0.25, 0.3) is 22.5 Å². The molecule has 4 aromatic rings. The summed E-state index contributed by atoms with van der Waals surface area (Å²) in [4.78, 5) is 27.2. The van der Waals surface area contributed by atoms with Crippen molar-refractivity contribution in [1.29, 1.82) is 0 Å². The Morgan fingerprint density at radius 3 is 2.15 bits per heavy atom. The number of aryl methyl sites for hydroxylation is 1.